The zero-order valence-electron chi connectivity index (χ0n) is 17.8. The quantitative estimate of drug-likeness (QED) is 0.462. The van der Waals surface area contributed by atoms with Crippen molar-refractivity contribution < 1.29 is 9.47 Å². The maximum absolute atomic E-state index is 5.46. The summed E-state index contributed by atoms with van der Waals surface area (Å²) in [6, 6.07) is 6.06. The molecule has 0 amide bonds. The van der Waals surface area contributed by atoms with Crippen molar-refractivity contribution in [2.45, 2.75) is 13.8 Å². The predicted octanol–water partition coefficient (Wildman–Crippen LogP) is 1.48. The number of thiocarbonyl (C=S) groups is 1. The maximum atomic E-state index is 5.46. The van der Waals surface area contributed by atoms with Crippen LogP contribution in [0.4, 0.5) is 23.5 Å². The fraction of sp³-hybridized carbons (Fsp3) is 0.500. The second-order valence-corrected chi connectivity index (χ2v) is 7.82. The van der Waals surface area contributed by atoms with Crippen LogP contribution in [0.3, 0.4) is 0 Å². The molecule has 0 saturated carbocycles. The Kier molecular flexibility index (Phi) is 6.95. The third kappa shape index (κ3) is 5.49. The molecule has 4 rings (SSSR count). The molecule has 11 heteroatoms. The van der Waals surface area contributed by atoms with Gasteiger partial charge in [-0.25, -0.2) is 0 Å². The summed E-state index contributed by atoms with van der Waals surface area (Å²) in [5.41, 5.74) is 9.31. The van der Waals surface area contributed by atoms with Gasteiger partial charge >= 0.3 is 0 Å². The zero-order valence-corrected chi connectivity index (χ0v) is 18.7. The van der Waals surface area contributed by atoms with Crippen molar-refractivity contribution >= 4 is 40.9 Å². The summed E-state index contributed by atoms with van der Waals surface area (Å²) in [4.78, 5) is 18.1. The Bertz CT molecular complexity index is 880. The molecule has 0 bridgehead atoms. The van der Waals surface area contributed by atoms with Gasteiger partial charge in [0.05, 0.1) is 26.4 Å². The van der Waals surface area contributed by atoms with E-state index in [1.54, 1.807) is 0 Å². The minimum atomic E-state index is 0.406. The number of nitrogens with zero attached hydrogens (tertiary/aromatic N) is 5. The van der Waals surface area contributed by atoms with E-state index < -0.39 is 0 Å². The standard InChI is InChI=1S/C20H28N8O2S/c1-14-4-3-5-16(15(14)2)21-20(31)26-25-17-22-18(27-6-10-29-11-7-27)24-19(23-17)28-8-12-30-13-9-28/h3-5H,6-13H2,1-2H3,(H2,21,26,31)(H,22,23,24,25). The number of hydrogen-bond donors (Lipinski definition) is 3. The van der Waals surface area contributed by atoms with Gasteiger partial charge in [-0.05, 0) is 43.3 Å². The van der Waals surface area contributed by atoms with Crippen molar-refractivity contribution in [1.29, 1.82) is 0 Å². The van der Waals surface area contributed by atoms with Crippen LogP contribution >= 0.6 is 12.2 Å². The Hall–Kier alpha value is -2.76. The Balaban J connectivity index is 1.48. The van der Waals surface area contributed by atoms with Crippen molar-refractivity contribution in [2.75, 3.05) is 73.1 Å². The highest BCUT2D eigenvalue weighted by Gasteiger charge is 2.20. The Morgan fingerprint density at radius 2 is 1.48 bits per heavy atom. The van der Waals surface area contributed by atoms with E-state index in [0.717, 1.165) is 37.4 Å². The van der Waals surface area contributed by atoms with Gasteiger partial charge in [0.1, 0.15) is 0 Å². The SMILES string of the molecule is Cc1cccc(NC(=S)NNc2nc(N3CCOCC3)nc(N3CCOCC3)n2)c1C. The Morgan fingerprint density at radius 3 is 2.06 bits per heavy atom. The van der Waals surface area contributed by atoms with E-state index in [2.05, 4.69) is 55.8 Å². The van der Waals surface area contributed by atoms with Crippen molar-refractivity contribution in [3.8, 4) is 0 Å². The number of hydrogen-bond acceptors (Lipinski definition) is 9. The molecule has 2 aliphatic heterocycles. The van der Waals surface area contributed by atoms with Gasteiger partial charge in [-0.2, -0.15) is 15.0 Å². The minimum Gasteiger partial charge on any atom is -0.378 e. The van der Waals surface area contributed by atoms with E-state index in [1.165, 1.54) is 5.56 Å². The van der Waals surface area contributed by atoms with Crippen LogP contribution in [0.5, 0.6) is 0 Å². The molecule has 2 fully saturated rings. The Labute approximate surface area is 187 Å². The molecule has 2 saturated heterocycles. The molecule has 0 aliphatic carbocycles. The van der Waals surface area contributed by atoms with Gasteiger partial charge in [0.25, 0.3) is 0 Å². The fourth-order valence-corrected chi connectivity index (χ4v) is 3.53. The highest BCUT2D eigenvalue weighted by Crippen LogP contribution is 2.19. The van der Waals surface area contributed by atoms with Crippen LogP contribution in [0.25, 0.3) is 0 Å². The molecule has 2 aromatic rings. The smallest absolute Gasteiger partial charge is 0.248 e. The molecule has 3 N–H and O–H groups in total. The average molecular weight is 445 g/mol. The van der Waals surface area contributed by atoms with Crippen molar-refractivity contribution in [3.63, 3.8) is 0 Å². The summed E-state index contributed by atoms with van der Waals surface area (Å²) >= 11 is 5.44. The van der Waals surface area contributed by atoms with E-state index in [0.29, 0.717) is 49.4 Å². The molecule has 1 aromatic carbocycles. The molecule has 0 atom stereocenters. The number of benzene rings is 1. The predicted molar refractivity (Wildman–Crippen MR) is 125 cm³/mol. The van der Waals surface area contributed by atoms with E-state index >= 15 is 0 Å². The topological polar surface area (TPSA) is 99.7 Å². The van der Waals surface area contributed by atoms with Crippen molar-refractivity contribution in [2.24, 2.45) is 0 Å². The van der Waals surface area contributed by atoms with Gasteiger partial charge in [-0.15, -0.1) is 0 Å². The monoisotopic (exact) mass is 444 g/mol. The maximum Gasteiger partial charge on any atom is 0.248 e. The number of aromatic nitrogens is 3. The van der Waals surface area contributed by atoms with Gasteiger partial charge in [0, 0.05) is 31.9 Å². The lowest BCUT2D eigenvalue weighted by Gasteiger charge is -2.30. The number of hydrazine groups is 1. The summed E-state index contributed by atoms with van der Waals surface area (Å²) in [7, 11) is 0. The lowest BCUT2D eigenvalue weighted by atomic mass is 10.1. The first-order valence-electron chi connectivity index (χ1n) is 10.4. The molecule has 166 valence electrons. The summed E-state index contributed by atoms with van der Waals surface area (Å²) in [6.45, 7) is 9.72. The normalized spacial score (nSPS) is 16.7. The van der Waals surface area contributed by atoms with E-state index in [4.69, 9.17) is 26.7 Å². The summed E-state index contributed by atoms with van der Waals surface area (Å²) in [6.07, 6.45) is 0. The Morgan fingerprint density at radius 1 is 0.903 bits per heavy atom. The van der Waals surface area contributed by atoms with Gasteiger partial charge < -0.3 is 24.6 Å². The first kappa shape index (κ1) is 21.5. The minimum absolute atomic E-state index is 0.406. The van der Waals surface area contributed by atoms with Gasteiger partial charge in [0.15, 0.2) is 5.11 Å². The highest BCUT2D eigenvalue weighted by molar-refractivity contribution is 7.80. The van der Waals surface area contributed by atoms with Gasteiger partial charge in [-0.3, -0.25) is 10.9 Å². The number of anilines is 4. The lowest BCUT2D eigenvalue weighted by Crippen LogP contribution is -2.40. The van der Waals surface area contributed by atoms with Crippen molar-refractivity contribution in [3.05, 3.63) is 29.3 Å². The van der Waals surface area contributed by atoms with Crippen LogP contribution in [0.15, 0.2) is 18.2 Å². The second-order valence-electron chi connectivity index (χ2n) is 7.41. The zero-order chi connectivity index (χ0) is 21.6. The van der Waals surface area contributed by atoms with Gasteiger partial charge in [-0.1, -0.05) is 12.1 Å². The molecule has 10 nitrogen and oxygen atoms in total. The van der Waals surface area contributed by atoms with Gasteiger partial charge in [0.2, 0.25) is 17.8 Å². The molecule has 1 aromatic heterocycles. The fourth-order valence-electron chi connectivity index (χ4n) is 3.37. The molecule has 2 aliphatic rings. The summed E-state index contributed by atoms with van der Waals surface area (Å²) in [5.74, 6) is 1.65. The molecule has 3 heterocycles. The molecule has 0 spiro atoms. The number of aryl methyl sites for hydroxylation is 1. The molecule has 0 unspecified atom stereocenters. The highest BCUT2D eigenvalue weighted by atomic mass is 32.1. The van der Waals surface area contributed by atoms with Crippen LogP contribution in [0.2, 0.25) is 0 Å². The van der Waals surface area contributed by atoms with Crippen molar-refractivity contribution in [1.82, 2.24) is 20.4 Å². The number of ether oxygens (including phenoxy) is 2. The van der Waals surface area contributed by atoms with Crippen LogP contribution in [0.1, 0.15) is 11.1 Å². The van der Waals surface area contributed by atoms with E-state index in [-0.39, 0.29) is 0 Å². The van der Waals surface area contributed by atoms with Crippen LogP contribution < -0.4 is 26.0 Å². The molecule has 0 radical (unpaired) electrons. The third-order valence-electron chi connectivity index (χ3n) is 5.34. The largest absolute Gasteiger partial charge is 0.378 e. The number of rotatable bonds is 5. The summed E-state index contributed by atoms with van der Waals surface area (Å²) < 4.78 is 10.9. The average Bonchev–Trinajstić information content (AvgIpc) is 2.82. The first-order chi connectivity index (χ1) is 15.1. The van der Waals surface area contributed by atoms with Crippen LogP contribution in [0, 0.1) is 13.8 Å². The number of morpholine rings is 2. The third-order valence-corrected chi connectivity index (χ3v) is 5.54. The number of nitrogens with one attached hydrogen (secondary N) is 3. The molecular formula is C20H28N8O2S. The van der Waals surface area contributed by atoms with Crippen LogP contribution in [-0.4, -0.2) is 72.7 Å². The summed E-state index contributed by atoms with van der Waals surface area (Å²) in [5, 5.41) is 3.64. The second kappa shape index (κ2) is 10.0. The van der Waals surface area contributed by atoms with E-state index in [1.807, 2.05) is 12.1 Å². The lowest BCUT2D eigenvalue weighted by molar-refractivity contribution is 0.121. The first-order valence-corrected chi connectivity index (χ1v) is 10.8. The van der Waals surface area contributed by atoms with Crippen LogP contribution in [-0.2, 0) is 9.47 Å². The molecule has 31 heavy (non-hydrogen) atoms. The van der Waals surface area contributed by atoms with E-state index in [9.17, 15) is 0 Å². The molecular weight excluding hydrogens is 416 g/mol.